The van der Waals surface area contributed by atoms with Gasteiger partial charge in [0, 0.05) is 12.2 Å². The van der Waals surface area contributed by atoms with Crippen molar-refractivity contribution in [3.05, 3.63) is 36.4 Å². The third kappa shape index (κ3) is 3.07. The van der Waals surface area contributed by atoms with Crippen LogP contribution in [0.1, 0.15) is 12.8 Å². The van der Waals surface area contributed by atoms with Crippen LogP contribution in [0.15, 0.2) is 36.4 Å². The maximum Gasteiger partial charge on any atom is 0.313 e. The molecule has 1 fully saturated rings. The number of hydrogen-bond acceptors (Lipinski definition) is 3. The Hall–Kier alpha value is -2.30. The van der Waals surface area contributed by atoms with Crippen LogP contribution in [0.5, 0.6) is 5.75 Å². The lowest BCUT2D eigenvalue weighted by Gasteiger charge is -2.18. The van der Waals surface area contributed by atoms with Crippen molar-refractivity contribution in [3.63, 3.8) is 0 Å². The molecular weight excluding hydrogens is 268 g/mol. The minimum Gasteiger partial charge on any atom is -0.508 e. The molecule has 3 N–H and O–H groups in total. The van der Waals surface area contributed by atoms with Crippen molar-refractivity contribution in [1.82, 2.24) is 5.32 Å². The summed E-state index contributed by atoms with van der Waals surface area (Å²) < 4.78 is 0. The maximum absolute atomic E-state index is 11.8. The molecule has 0 radical (unpaired) electrons. The van der Waals surface area contributed by atoms with Crippen LogP contribution in [0.4, 0.5) is 5.69 Å². The molecule has 110 valence electrons. The summed E-state index contributed by atoms with van der Waals surface area (Å²) in [4.78, 5) is 23.5. The number of benzene rings is 1. The summed E-state index contributed by atoms with van der Waals surface area (Å²) >= 11 is 0. The van der Waals surface area contributed by atoms with Gasteiger partial charge >= 0.3 is 11.8 Å². The quantitative estimate of drug-likeness (QED) is 0.449. The van der Waals surface area contributed by atoms with E-state index in [1.807, 2.05) is 0 Å². The zero-order valence-electron chi connectivity index (χ0n) is 11.6. The number of carbonyl (C=O) groups excluding carboxylic acids is 2. The van der Waals surface area contributed by atoms with E-state index >= 15 is 0 Å². The average Bonchev–Trinajstić information content (AvgIpc) is 3.09. The summed E-state index contributed by atoms with van der Waals surface area (Å²) in [6.07, 6.45) is 6.75. The summed E-state index contributed by atoms with van der Waals surface area (Å²) in [7, 11) is 0. The van der Waals surface area contributed by atoms with Gasteiger partial charge in [-0.05, 0) is 54.9 Å². The highest BCUT2D eigenvalue weighted by Crippen LogP contribution is 2.42. The van der Waals surface area contributed by atoms with Gasteiger partial charge in [-0.25, -0.2) is 0 Å². The Balaban J connectivity index is 1.47. The molecule has 0 aromatic heterocycles. The van der Waals surface area contributed by atoms with Crippen LogP contribution in [0, 0.1) is 17.8 Å². The van der Waals surface area contributed by atoms with Gasteiger partial charge in [0.2, 0.25) is 0 Å². The van der Waals surface area contributed by atoms with Crippen LogP contribution >= 0.6 is 0 Å². The summed E-state index contributed by atoms with van der Waals surface area (Å²) in [5.41, 5.74) is 0.482. The number of fused-ring (bicyclic) bond motifs is 2. The number of hydrogen-bond donors (Lipinski definition) is 3. The number of phenols is 1. The molecule has 0 aliphatic heterocycles. The molecule has 3 atom stereocenters. The highest BCUT2D eigenvalue weighted by molar-refractivity contribution is 6.39. The van der Waals surface area contributed by atoms with Crippen molar-refractivity contribution in [2.45, 2.75) is 12.8 Å². The van der Waals surface area contributed by atoms with Crippen LogP contribution in [0.25, 0.3) is 0 Å². The number of carbonyl (C=O) groups is 2. The number of anilines is 1. The van der Waals surface area contributed by atoms with Gasteiger partial charge in [0.25, 0.3) is 0 Å². The van der Waals surface area contributed by atoms with Crippen LogP contribution in [-0.2, 0) is 9.59 Å². The molecule has 1 aromatic carbocycles. The lowest BCUT2D eigenvalue weighted by atomic mass is 9.94. The Morgan fingerprint density at radius 1 is 1.10 bits per heavy atom. The van der Waals surface area contributed by atoms with E-state index in [9.17, 15) is 9.59 Å². The molecule has 2 aliphatic rings. The van der Waals surface area contributed by atoms with E-state index < -0.39 is 11.8 Å². The van der Waals surface area contributed by atoms with E-state index in [-0.39, 0.29) is 5.75 Å². The number of allylic oxidation sites excluding steroid dienone is 2. The molecule has 5 nitrogen and oxygen atoms in total. The van der Waals surface area contributed by atoms with Crippen LogP contribution in [-0.4, -0.2) is 23.5 Å². The summed E-state index contributed by atoms with van der Waals surface area (Å²) in [6, 6.07) is 5.99. The fourth-order valence-electron chi connectivity index (χ4n) is 3.17. The predicted molar refractivity (Wildman–Crippen MR) is 78.6 cm³/mol. The van der Waals surface area contributed by atoms with Crippen LogP contribution in [0.3, 0.4) is 0 Å². The summed E-state index contributed by atoms with van der Waals surface area (Å²) in [5.74, 6) is 0.472. The van der Waals surface area contributed by atoms with E-state index in [1.165, 1.54) is 18.6 Å². The molecule has 0 saturated heterocycles. The summed E-state index contributed by atoms with van der Waals surface area (Å²) in [5, 5.41) is 14.4. The molecule has 5 heteroatoms. The molecule has 2 aliphatic carbocycles. The molecule has 2 amide bonds. The molecular formula is C16H18N2O3. The highest BCUT2D eigenvalue weighted by Gasteiger charge is 2.35. The van der Waals surface area contributed by atoms with Crippen molar-refractivity contribution in [2.24, 2.45) is 17.8 Å². The van der Waals surface area contributed by atoms with Crippen molar-refractivity contribution in [3.8, 4) is 5.75 Å². The van der Waals surface area contributed by atoms with Gasteiger partial charge in [-0.1, -0.05) is 12.2 Å². The minimum atomic E-state index is -0.681. The predicted octanol–water partition coefficient (Wildman–Crippen LogP) is 1.66. The first kappa shape index (κ1) is 13.7. The van der Waals surface area contributed by atoms with Crippen molar-refractivity contribution < 1.29 is 14.7 Å². The molecule has 2 bridgehead atoms. The first-order valence-corrected chi connectivity index (χ1v) is 7.18. The smallest absolute Gasteiger partial charge is 0.313 e. The van der Waals surface area contributed by atoms with E-state index in [0.717, 1.165) is 6.42 Å². The lowest BCUT2D eigenvalue weighted by Crippen LogP contribution is -2.38. The van der Waals surface area contributed by atoms with Crippen molar-refractivity contribution >= 4 is 17.5 Å². The second kappa shape index (κ2) is 5.60. The van der Waals surface area contributed by atoms with E-state index in [4.69, 9.17) is 5.11 Å². The third-order valence-corrected chi connectivity index (χ3v) is 4.27. The third-order valence-electron chi connectivity index (χ3n) is 4.27. The summed E-state index contributed by atoms with van der Waals surface area (Å²) in [6.45, 7) is 0.549. The molecule has 3 rings (SSSR count). The molecule has 0 unspecified atom stereocenters. The van der Waals surface area contributed by atoms with Gasteiger partial charge in [0.15, 0.2) is 0 Å². The average molecular weight is 286 g/mol. The number of amides is 2. The SMILES string of the molecule is O=C(NC[C@H]1C[C@H]2C=C[C@H]1C2)C(=O)Nc1ccc(O)cc1. The Bertz CT molecular complexity index is 580. The number of nitrogens with one attached hydrogen (secondary N) is 2. The minimum absolute atomic E-state index is 0.113. The largest absolute Gasteiger partial charge is 0.508 e. The van der Waals surface area contributed by atoms with E-state index in [1.54, 1.807) is 12.1 Å². The first-order valence-electron chi connectivity index (χ1n) is 7.18. The van der Waals surface area contributed by atoms with Gasteiger partial charge in [0.1, 0.15) is 5.75 Å². The molecule has 0 spiro atoms. The van der Waals surface area contributed by atoms with Crippen molar-refractivity contribution in [1.29, 1.82) is 0 Å². The van der Waals surface area contributed by atoms with Crippen LogP contribution < -0.4 is 10.6 Å². The van der Waals surface area contributed by atoms with Gasteiger partial charge in [-0.15, -0.1) is 0 Å². The number of phenolic OH excluding ortho intramolecular Hbond substituents is 1. The van der Waals surface area contributed by atoms with E-state index in [2.05, 4.69) is 22.8 Å². The molecule has 1 aromatic rings. The number of aromatic hydroxyl groups is 1. The second-order valence-electron chi connectivity index (χ2n) is 5.75. The van der Waals surface area contributed by atoms with Crippen LogP contribution in [0.2, 0.25) is 0 Å². The Kier molecular flexibility index (Phi) is 3.64. The van der Waals surface area contributed by atoms with Gasteiger partial charge in [-0.2, -0.15) is 0 Å². The zero-order chi connectivity index (χ0) is 14.8. The molecule has 21 heavy (non-hydrogen) atoms. The zero-order valence-corrected chi connectivity index (χ0v) is 11.6. The fraction of sp³-hybridized carbons (Fsp3) is 0.375. The highest BCUT2D eigenvalue weighted by atomic mass is 16.3. The Morgan fingerprint density at radius 3 is 2.48 bits per heavy atom. The molecule has 1 saturated carbocycles. The standard InChI is InChI=1S/C16H18N2O3/c19-14-5-3-13(4-6-14)18-16(21)15(20)17-9-12-8-10-1-2-11(12)7-10/h1-6,10-12,19H,7-9H2,(H,17,20)(H,18,21)/t10-,11-,12+/m0/s1. The lowest BCUT2D eigenvalue weighted by molar-refractivity contribution is -0.136. The second-order valence-corrected chi connectivity index (χ2v) is 5.75. The number of rotatable bonds is 3. The van der Waals surface area contributed by atoms with Crippen molar-refractivity contribution in [2.75, 3.05) is 11.9 Å². The van der Waals surface area contributed by atoms with Gasteiger partial charge in [0.05, 0.1) is 0 Å². The Labute approximate surface area is 123 Å². The maximum atomic E-state index is 11.8. The van der Waals surface area contributed by atoms with Gasteiger partial charge in [-0.3, -0.25) is 9.59 Å². The first-order chi connectivity index (χ1) is 10.1. The van der Waals surface area contributed by atoms with Gasteiger partial charge < -0.3 is 15.7 Å². The monoisotopic (exact) mass is 286 g/mol. The molecule has 0 heterocycles. The topological polar surface area (TPSA) is 78.4 Å². The Morgan fingerprint density at radius 2 is 1.86 bits per heavy atom. The normalized spacial score (nSPS) is 25.8. The fourth-order valence-corrected chi connectivity index (χ4v) is 3.17. The van der Waals surface area contributed by atoms with E-state index in [0.29, 0.717) is 30.0 Å².